The zero-order valence-electron chi connectivity index (χ0n) is 12.9. The van der Waals surface area contributed by atoms with Gasteiger partial charge in [0, 0.05) is 29.1 Å². The monoisotopic (exact) mass is 396 g/mol. The van der Waals surface area contributed by atoms with Crippen molar-refractivity contribution < 1.29 is 13.2 Å². The summed E-state index contributed by atoms with van der Waals surface area (Å²) in [5, 5.41) is 8.70. The fourth-order valence-electron chi connectivity index (χ4n) is 2.14. The summed E-state index contributed by atoms with van der Waals surface area (Å²) in [6.07, 6.45) is 6.49. The Morgan fingerprint density at radius 1 is 1.35 bits per heavy atom. The molecule has 1 aromatic rings. The van der Waals surface area contributed by atoms with Crippen LogP contribution in [0.3, 0.4) is 0 Å². The van der Waals surface area contributed by atoms with E-state index in [1.165, 1.54) is 7.05 Å². The molecule has 1 aliphatic rings. The van der Waals surface area contributed by atoms with Crippen molar-refractivity contribution in [2.75, 3.05) is 13.3 Å². The number of nitriles is 1. The topological polar surface area (TPSA) is 70.4 Å². The van der Waals surface area contributed by atoms with Crippen molar-refractivity contribution in [2.24, 2.45) is 0 Å². The average molecular weight is 397 g/mol. The lowest BCUT2D eigenvalue weighted by molar-refractivity contribution is 0.317. The summed E-state index contributed by atoms with van der Waals surface area (Å²) < 4.78 is 31.8. The van der Waals surface area contributed by atoms with E-state index in [1.54, 1.807) is 6.07 Å². The van der Waals surface area contributed by atoms with Gasteiger partial charge in [0.25, 0.3) is 0 Å². The first-order chi connectivity index (χ1) is 10.8. The fraction of sp³-hybridized carbons (Fsp3) is 0.312. The first-order valence-electron chi connectivity index (χ1n) is 7.02. The maximum absolute atomic E-state index is 11.9. The zero-order chi connectivity index (χ0) is 17.0. The van der Waals surface area contributed by atoms with E-state index in [0.29, 0.717) is 25.0 Å². The van der Waals surface area contributed by atoms with Gasteiger partial charge in [-0.2, -0.15) is 5.26 Å². The van der Waals surface area contributed by atoms with Gasteiger partial charge in [-0.1, -0.05) is 28.1 Å². The normalized spacial score (nSPS) is 13.8. The highest BCUT2D eigenvalue weighted by molar-refractivity contribution is 9.10. The highest BCUT2D eigenvalue weighted by Crippen LogP contribution is 2.32. The number of allylic oxidation sites excluding steroid dienone is 2. The summed E-state index contributed by atoms with van der Waals surface area (Å²) in [6.45, 7) is 0. The molecule has 0 unspecified atom stereocenters. The minimum Gasteiger partial charge on any atom is -0.439 e. The van der Waals surface area contributed by atoms with E-state index < -0.39 is 10.0 Å². The zero-order valence-corrected chi connectivity index (χ0v) is 15.3. The standard InChI is InChI=1S/C16H17BrN2O3S/c1-19(23(2,20)21)16-12(5-3-4-10-18)6-7-13-11-14(17)8-9-15(13)22-16/h6-9,11H,3-5H2,1-2H3. The Morgan fingerprint density at radius 2 is 2.09 bits per heavy atom. The van der Waals surface area contributed by atoms with Crippen molar-refractivity contribution in [1.29, 1.82) is 5.26 Å². The number of hydrogen-bond acceptors (Lipinski definition) is 4. The molecular weight excluding hydrogens is 380 g/mol. The van der Waals surface area contributed by atoms with E-state index in [-0.39, 0.29) is 5.88 Å². The highest BCUT2D eigenvalue weighted by atomic mass is 79.9. The van der Waals surface area contributed by atoms with Crippen LogP contribution in [-0.2, 0) is 10.0 Å². The third-order valence-corrected chi connectivity index (χ3v) is 5.09. The predicted octanol–water partition coefficient (Wildman–Crippen LogP) is 3.65. The summed E-state index contributed by atoms with van der Waals surface area (Å²) in [5.74, 6) is 0.869. The molecule has 0 radical (unpaired) electrons. The number of benzene rings is 1. The van der Waals surface area contributed by atoms with Crippen molar-refractivity contribution in [3.63, 3.8) is 0 Å². The van der Waals surface area contributed by atoms with Crippen LogP contribution in [0.1, 0.15) is 24.8 Å². The molecule has 0 fully saturated rings. The second kappa shape index (κ2) is 7.20. The van der Waals surface area contributed by atoms with Gasteiger partial charge in [-0.05, 0) is 31.0 Å². The molecule has 0 spiro atoms. The van der Waals surface area contributed by atoms with E-state index in [9.17, 15) is 8.42 Å². The van der Waals surface area contributed by atoms with Crippen LogP contribution in [0.4, 0.5) is 0 Å². The molecule has 7 heteroatoms. The van der Waals surface area contributed by atoms with Gasteiger partial charge >= 0.3 is 0 Å². The molecule has 23 heavy (non-hydrogen) atoms. The molecule has 1 aliphatic heterocycles. The molecule has 0 saturated heterocycles. The summed E-state index contributed by atoms with van der Waals surface area (Å²) in [4.78, 5) is 0. The molecular formula is C16H17BrN2O3S. The maximum atomic E-state index is 11.9. The van der Waals surface area contributed by atoms with Crippen LogP contribution >= 0.6 is 15.9 Å². The van der Waals surface area contributed by atoms with Crippen LogP contribution in [0.25, 0.3) is 6.08 Å². The Bertz CT molecular complexity index is 807. The molecule has 122 valence electrons. The number of hydrogen-bond donors (Lipinski definition) is 0. The molecule has 0 saturated carbocycles. The van der Waals surface area contributed by atoms with Gasteiger partial charge in [0.1, 0.15) is 5.75 Å². The van der Waals surface area contributed by atoms with Gasteiger partial charge in [0.15, 0.2) is 0 Å². The number of fused-ring (bicyclic) bond motifs is 1. The van der Waals surface area contributed by atoms with E-state index in [4.69, 9.17) is 10.00 Å². The highest BCUT2D eigenvalue weighted by Gasteiger charge is 2.23. The molecule has 5 nitrogen and oxygen atoms in total. The number of unbranched alkanes of at least 4 members (excludes halogenated alkanes) is 1. The Morgan fingerprint density at radius 3 is 2.74 bits per heavy atom. The van der Waals surface area contributed by atoms with Gasteiger partial charge in [-0.25, -0.2) is 12.7 Å². The lowest BCUT2D eigenvalue weighted by Gasteiger charge is -2.22. The van der Waals surface area contributed by atoms with Crippen LogP contribution in [0.15, 0.2) is 40.2 Å². The van der Waals surface area contributed by atoms with Crippen molar-refractivity contribution >= 4 is 32.0 Å². The molecule has 2 rings (SSSR count). The second-order valence-electron chi connectivity index (χ2n) is 5.19. The summed E-state index contributed by atoms with van der Waals surface area (Å²) in [6, 6.07) is 7.63. The third kappa shape index (κ3) is 4.36. The summed E-state index contributed by atoms with van der Waals surface area (Å²) >= 11 is 3.41. The van der Waals surface area contributed by atoms with E-state index in [2.05, 4.69) is 22.0 Å². The van der Waals surface area contributed by atoms with Crippen LogP contribution in [0.2, 0.25) is 0 Å². The van der Waals surface area contributed by atoms with Crippen LogP contribution in [0.5, 0.6) is 5.75 Å². The molecule has 0 amide bonds. The number of nitrogens with zero attached hydrogens (tertiary/aromatic N) is 2. The maximum Gasteiger partial charge on any atom is 0.234 e. The minimum atomic E-state index is -3.45. The second-order valence-corrected chi connectivity index (χ2v) is 8.12. The van der Waals surface area contributed by atoms with Gasteiger partial charge in [-0.3, -0.25) is 0 Å². The van der Waals surface area contributed by atoms with Gasteiger partial charge < -0.3 is 4.74 Å². The van der Waals surface area contributed by atoms with Crippen molar-refractivity contribution in [3.05, 3.63) is 45.8 Å². The minimum absolute atomic E-state index is 0.280. The molecule has 1 heterocycles. The largest absolute Gasteiger partial charge is 0.439 e. The van der Waals surface area contributed by atoms with E-state index in [1.807, 2.05) is 24.3 Å². The Kier molecular flexibility index (Phi) is 5.50. The molecule has 1 aromatic carbocycles. The molecule has 0 aliphatic carbocycles. The third-order valence-electron chi connectivity index (χ3n) is 3.44. The van der Waals surface area contributed by atoms with Crippen LogP contribution in [-0.4, -0.2) is 26.0 Å². The smallest absolute Gasteiger partial charge is 0.234 e. The van der Waals surface area contributed by atoms with Gasteiger partial charge in [-0.15, -0.1) is 0 Å². The average Bonchev–Trinajstić information content (AvgIpc) is 2.65. The number of halogens is 1. The van der Waals surface area contributed by atoms with Gasteiger partial charge in [0.2, 0.25) is 15.9 Å². The number of ether oxygens (including phenoxy) is 1. The van der Waals surface area contributed by atoms with E-state index >= 15 is 0 Å². The quantitative estimate of drug-likeness (QED) is 0.712. The lowest BCUT2D eigenvalue weighted by atomic mass is 10.1. The van der Waals surface area contributed by atoms with Gasteiger partial charge in [0.05, 0.1) is 12.3 Å². The number of rotatable bonds is 5. The fourth-order valence-corrected chi connectivity index (χ4v) is 2.97. The number of sulfonamides is 1. The van der Waals surface area contributed by atoms with Crippen molar-refractivity contribution in [3.8, 4) is 11.8 Å². The first-order valence-corrected chi connectivity index (χ1v) is 9.66. The van der Waals surface area contributed by atoms with E-state index in [0.717, 1.165) is 26.2 Å². The first kappa shape index (κ1) is 17.6. The molecule has 0 aromatic heterocycles. The Balaban J connectivity index is 2.46. The van der Waals surface area contributed by atoms with Crippen LogP contribution < -0.4 is 4.74 Å². The van der Waals surface area contributed by atoms with Crippen LogP contribution in [0, 0.1) is 11.3 Å². The Labute approximate surface area is 145 Å². The summed E-state index contributed by atoms with van der Waals surface area (Å²) in [5.41, 5.74) is 1.61. The molecule has 0 bridgehead atoms. The van der Waals surface area contributed by atoms with Crippen molar-refractivity contribution in [1.82, 2.24) is 4.31 Å². The SMILES string of the molecule is CN(C1=C(CCCC#N)C=Cc2cc(Br)ccc2O1)S(C)(=O)=O. The Hall–Kier alpha value is -1.78. The lowest BCUT2D eigenvalue weighted by Crippen LogP contribution is -2.29. The molecule has 0 atom stereocenters. The van der Waals surface area contributed by atoms with Crippen molar-refractivity contribution in [2.45, 2.75) is 19.3 Å². The molecule has 0 N–H and O–H groups in total. The predicted molar refractivity (Wildman–Crippen MR) is 92.9 cm³/mol. The summed E-state index contributed by atoms with van der Waals surface area (Å²) in [7, 11) is -1.99.